The summed E-state index contributed by atoms with van der Waals surface area (Å²) in [5.41, 5.74) is 2.33. The molecule has 4 rings (SSSR count). The van der Waals surface area contributed by atoms with E-state index in [2.05, 4.69) is 10.3 Å². The number of nitrogens with zero attached hydrogens (tertiary/aromatic N) is 3. The molecular weight excluding hydrogens is 360 g/mol. The van der Waals surface area contributed by atoms with Gasteiger partial charge in [0.2, 0.25) is 11.8 Å². The summed E-state index contributed by atoms with van der Waals surface area (Å²) in [5.74, 6) is -0.141. The Morgan fingerprint density at radius 3 is 2.81 bits per heavy atom. The van der Waals surface area contributed by atoms with E-state index in [0.717, 1.165) is 21.0 Å². The van der Waals surface area contributed by atoms with E-state index in [1.54, 1.807) is 16.2 Å². The number of carbonyl (C=O) groups excluding carboxylic acids is 2. The average molecular weight is 380 g/mol. The average Bonchev–Trinajstić information content (AvgIpc) is 3.02. The van der Waals surface area contributed by atoms with Gasteiger partial charge >= 0.3 is 0 Å². The number of benzene rings is 2. The number of anilines is 3. The van der Waals surface area contributed by atoms with Crippen LogP contribution in [-0.2, 0) is 9.59 Å². The Bertz CT molecular complexity index is 983. The monoisotopic (exact) mass is 380 g/mol. The first-order valence-electron chi connectivity index (χ1n) is 8.80. The predicted molar refractivity (Wildman–Crippen MR) is 110 cm³/mol. The van der Waals surface area contributed by atoms with Crippen molar-refractivity contribution in [2.45, 2.75) is 19.4 Å². The molecule has 1 aliphatic heterocycles. The Hall–Kier alpha value is -2.93. The molecule has 0 saturated carbocycles. The Labute approximate surface area is 161 Å². The zero-order chi connectivity index (χ0) is 19.0. The van der Waals surface area contributed by atoms with E-state index in [-0.39, 0.29) is 30.8 Å². The molecule has 1 aromatic heterocycles. The number of hydrogen-bond donors (Lipinski definition) is 1. The summed E-state index contributed by atoms with van der Waals surface area (Å²) < 4.78 is 1.09. The van der Waals surface area contributed by atoms with E-state index in [1.165, 1.54) is 0 Å². The Balaban J connectivity index is 1.60. The fraction of sp³-hybridized carbons (Fsp3) is 0.250. The molecule has 0 fully saturated rings. The van der Waals surface area contributed by atoms with Gasteiger partial charge in [-0.25, -0.2) is 4.98 Å². The zero-order valence-electron chi connectivity index (χ0n) is 15.2. The topological polar surface area (TPSA) is 65.5 Å². The zero-order valence-corrected chi connectivity index (χ0v) is 16.0. The first-order chi connectivity index (χ1) is 13.0. The van der Waals surface area contributed by atoms with Crippen LogP contribution < -0.4 is 15.1 Å². The second-order valence-corrected chi connectivity index (χ2v) is 7.71. The fourth-order valence-corrected chi connectivity index (χ4v) is 4.26. The van der Waals surface area contributed by atoms with Crippen LogP contribution in [-0.4, -0.2) is 36.4 Å². The Morgan fingerprint density at radius 2 is 2.00 bits per heavy atom. The standard InChI is InChI=1S/C20H20N4O2S/c1-13-11-18(25)21-14-7-3-5-9-16(14)24(13)19(26)12-23(2)20-22-15-8-4-6-10-17(15)27-20/h3-10,13H,11-12H2,1-2H3,(H,21,25)/t13-/m0/s1. The van der Waals surface area contributed by atoms with Gasteiger partial charge in [-0.15, -0.1) is 0 Å². The third kappa shape index (κ3) is 3.38. The van der Waals surface area contributed by atoms with Crippen LogP contribution in [0.2, 0.25) is 0 Å². The molecule has 0 unspecified atom stereocenters. The highest BCUT2D eigenvalue weighted by Crippen LogP contribution is 2.32. The number of rotatable bonds is 3. The number of thiazole rings is 1. The molecule has 2 heterocycles. The minimum Gasteiger partial charge on any atom is -0.342 e. The van der Waals surface area contributed by atoms with Gasteiger partial charge in [0.1, 0.15) is 0 Å². The molecule has 0 spiro atoms. The van der Waals surface area contributed by atoms with Gasteiger partial charge in [-0.2, -0.15) is 0 Å². The molecule has 27 heavy (non-hydrogen) atoms. The summed E-state index contributed by atoms with van der Waals surface area (Å²) in [6.07, 6.45) is 0.269. The van der Waals surface area contributed by atoms with E-state index in [4.69, 9.17) is 0 Å². The van der Waals surface area contributed by atoms with Crippen LogP contribution in [0.1, 0.15) is 13.3 Å². The molecule has 6 nitrogen and oxygen atoms in total. The highest BCUT2D eigenvalue weighted by Gasteiger charge is 2.30. The maximum atomic E-state index is 13.2. The maximum Gasteiger partial charge on any atom is 0.246 e. The lowest BCUT2D eigenvalue weighted by Crippen LogP contribution is -2.44. The van der Waals surface area contributed by atoms with Gasteiger partial charge in [-0.05, 0) is 31.2 Å². The lowest BCUT2D eigenvalue weighted by atomic mass is 10.1. The van der Waals surface area contributed by atoms with Gasteiger partial charge in [-0.1, -0.05) is 35.6 Å². The number of fused-ring (bicyclic) bond motifs is 2. The molecule has 1 N–H and O–H groups in total. The SMILES string of the molecule is C[C@H]1CC(=O)Nc2ccccc2N1C(=O)CN(C)c1nc2ccccc2s1. The van der Waals surface area contributed by atoms with Crippen LogP contribution in [0.15, 0.2) is 48.5 Å². The third-order valence-electron chi connectivity index (χ3n) is 4.61. The van der Waals surface area contributed by atoms with Gasteiger partial charge in [0.15, 0.2) is 5.13 Å². The molecule has 1 atom stereocenters. The molecule has 2 aromatic carbocycles. The van der Waals surface area contributed by atoms with Crippen molar-refractivity contribution in [1.29, 1.82) is 0 Å². The quantitative estimate of drug-likeness (QED) is 0.755. The van der Waals surface area contributed by atoms with Crippen LogP contribution in [0.25, 0.3) is 10.2 Å². The Morgan fingerprint density at radius 1 is 1.26 bits per heavy atom. The molecule has 2 amide bonds. The van der Waals surface area contributed by atoms with Crippen molar-refractivity contribution in [3.63, 3.8) is 0 Å². The largest absolute Gasteiger partial charge is 0.342 e. The van der Waals surface area contributed by atoms with Gasteiger partial charge in [0, 0.05) is 19.5 Å². The lowest BCUT2D eigenvalue weighted by Gasteiger charge is -2.29. The molecule has 138 valence electrons. The second kappa shape index (κ2) is 7.00. The van der Waals surface area contributed by atoms with Crippen molar-refractivity contribution in [3.05, 3.63) is 48.5 Å². The van der Waals surface area contributed by atoms with Crippen LogP contribution >= 0.6 is 11.3 Å². The van der Waals surface area contributed by atoms with Gasteiger partial charge in [-0.3, -0.25) is 9.59 Å². The van der Waals surface area contributed by atoms with Crippen LogP contribution in [0.3, 0.4) is 0 Å². The van der Waals surface area contributed by atoms with Gasteiger partial charge < -0.3 is 15.1 Å². The summed E-state index contributed by atoms with van der Waals surface area (Å²) in [5, 5.41) is 3.68. The number of nitrogens with one attached hydrogen (secondary N) is 1. The maximum absolute atomic E-state index is 13.2. The number of aromatic nitrogens is 1. The summed E-state index contributed by atoms with van der Waals surface area (Å²) in [6.45, 7) is 2.09. The van der Waals surface area contributed by atoms with Crippen LogP contribution in [0.4, 0.5) is 16.5 Å². The molecule has 0 saturated heterocycles. The smallest absolute Gasteiger partial charge is 0.246 e. The first-order valence-corrected chi connectivity index (χ1v) is 9.62. The minimum atomic E-state index is -0.218. The first kappa shape index (κ1) is 17.5. The summed E-state index contributed by atoms with van der Waals surface area (Å²) >= 11 is 1.56. The molecule has 3 aromatic rings. The summed E-state index contributed by atoms with van der Waals surface area (Å²) in [6, 6.07) is 15.1. The molecule has 0 aliphatic carbocycles. The van der Waals surface area contributed by atoms with E-state index >= 15 is 0 Å². The summed E-state index contributed by atoms with van der Waals surface area (Å²) in [7, 11) is 1.87. The number of para-hydroxylation sites is 3. The predicted octanol–water partition coefficient (Wildman–Crippen LogP) is 3.50. The van der Waals surface area contributed by atoms with E-state index in [9.17, 15) is 9.59 Å². The normalized spacial score (nSPS) is 16.6. The van der Waals surface area contributed by atoms with Crippen LogP contribution in [0, 0.1) is 0 Å². The number of amides is 2. The number of hydrogen-bond acceptors (Lipinski definition) is 5. The fourth-order valence-electron chi connectivity index (χ4n) is 3.34. The number of likely N-dealkylation sites (N-methyl/N-ethyl adjacent to an activating group) is 1. The molecular formula is C20H20N4O2S. The second-order valence-electron chi connectivity index (χ2n) is 6.70. The van der Waals surface area contributed by atoms with E-state index in [0.29, 0.717) is 5.69 Å². The van der Waals surface area contributed by atoms with E-state index < -0.39 is 0 Å². The number of carbonyl (C=O) groups is 2. The van der Waals surface area contributed by atoms with Crippen molar-refractivity contribution >= 4 is 49.9 Å². The highest BCUT2D eigenvalue weighted by molar-refractivity contribution is 7.22. The summed E-state index contributed by atoms with van der Waals surface area (Å²) in [4.78, 5) is 33.4. The highest BCUT2D eigenvalue weighted by atomic mass is 32.1. The van der Waals surface area contributed by atoms with Crippen LogP contribution in [0.5, 0.6) is 0 Å². The Kier molecular flexibility index (Phi) is 4.53. The van der Waals surface area contributed by atoms with Crippen molar-refractivity contribution in [1.82, 2.24) is 4.98 Å². The minimum absolute atomic E-state index is 0.0618. The van der Waals surface area contributed by atoms with Crippen molar-refractivity contribution in [2.75, 3.05) is 28.7 Å². The molecule has 0 bridgehead atoms. The lowest BCUT2D eigenvalue weighted by molar-refractivity contribution is -0.118. The third-order valence-corrected chi connectivity index (χ3v) is 5.76. The van der Waals surface area contributed by atoms with Crippen molar-refractivity contribution in [3.8, 4) is 0 Å². The van der Waals surface area contributed by atoms with Gasteiger partial charge in [0.05, 0.1) is 28.1 Å². The van der Waals surface area contributed by atoms with E-state index in [1.807, 2.05) is 67.4 Å². The van der Waals surface area contributed by atoms with Gasteiger partial charge in [0.25, 0.3) is 0 Å². The molecule has 7 heteroatoms. The van der Waals surface area contributed by atoms with Crippen molar-refractivity contribution in [2.24, 2.45) is 0 Å². The molecule has 1 aliphatic rings. The van der Waals surface area contributed by atoms with Crippen molar-refractivity contribution < 1.29 is 9.59 Å². The molecule has 0 radical (unpaired) electrons.